The summed E-state index contributed by atoms with van der Waals surface area (Å²) < 4.78 is 5.53. The van der Waals surface area contributed by atoms with Gasteiger partial charge in [0.1, 0.15) is 0 Å². The van der Waals surface area contributed by atoms with E-state index in [9.17, 15) is 0 Å². The maximum Gasteiger partial charge on any atom is 0.0724 e. The summed E-state index contributed by atoms with van der Waals surface area (Å²) in [5.74, 6) is 1.35. The lowest BCUT2D eigenvalue weighted by atomic mass is 9.95. The molecule has 92 valence electrons. The van der Waals surface area contributed by atoms with Gasteiger partial charge >= 0.3 is 0 Å². The average Bonchev–Trinajstić information content (AvgIpc) is 2.67. The van der Waals surface area contributed by atoms with Crippen molar-refractivity contribution in [3.63, 3.8) is 0 Å². The molecule has 1 saturated heterocycles. The van der Waals surface area contributed by atoms with Crippen molar-refractivity contribution in [2.24, 2.45) is 17.6 Å². The molecule has 0 aromatic rings. The zero-order valence-electron chi connectivity index (χ0n) is 10.4. The van der Waals surface area contributed by atoms with E-state index in [2.05, 4.69) is 24.0 Å². The fourth-order valence-corrected chi connectivity index (χ4v) is 2.84. The lowest BCUT2D eigenvalue weighted by Crippen LogP contribution is -2.45. The second-order valence-electron chi connectivity index (χ2n) is 5.34. The highest BCUT2D eigenvalue weighted by atomic mass is 16.5. The molecule has 3 heteroatoms. The van der Waals surface area contributed by atoms with Gasteiger partial charge in [-0.1, -0.05) is 19.1 Å². The zero-order valence-corrected chi connectivity index (χ0v) is 10.4. The normalized spacial score (nSPS) is 40.4. The molecule has 3 nitrogen and oxygen atoms in total. The number of methoxy groups -OCH3 is 1. The SMILES string of the molecule is COC1CN(CC2C=CC(N)C2)CCC1C. The van der Waals surface area contributed by atoms with Gasteiger partial charge in [-0.3, -0.25) is 0 Å². The summed E-state index contributed by atoms with van der Waals surface area (Å²) in [6.07, 6.45) is 7.20. The minimum absolute atomic E-state index is 0.284. The summed E-state index contributed by atoms with van der Waals surface area (Å²) in [6.45, 7) is 5.73. The zero-order chi connectivity index (χ0) is 11.5. The first kappa shape index (κ1) is 12.1. The molecule has 0 saturated carbocycles. The summed E-state index contributed by atoms with van der Waals surface area (Å²) in [7, 11) is 1.83. The molecule has 4 unspecified atom stereocenters. The van der Waals surface area contributed by atoms with Gasteiger partial charge < -0.3 is 15.4 Å². The minimum Gasteiger partial charge on any atom is -0.380 e. The Kier molecular flexibility index (Phi) is 4.00. The van der Waals surface area contributed by atoms with Crippen LogP contribution >= 0.6 is 0 Å². The van der Waals surface area contributed by atoms with E-state index in [1.165, 1.54) is 13.0 Å². The molecule has 0 bridgehead atoms. The molecule has 2 rings (SSSR count). The Bertz CT molecular complexity index is 254. The first-order valence-electron chi connectivity index (χ1n) is 6.38. The number of piperidine rings is 1. The molecular formula is C13H24N2O. The Labute approximate surface area is 98.6 Å². The van der Waals surface area contributed by atoms with Crippen molar-refractivity contribution in [3.8, 4) is 0 Å². The van der Waals surface area contributed by atoms with E-state index in [-0.39, 0.29) is 6.04 Å². The number of nitrogens with zero attached hydrogens (tertiary/aromatic N) is 1. The number of ether oxygens (including phenoxy) is 1. The molecule has 1 aliphatic heterocycles. The molecule has 16 heavy (non-hydrogen) atoms. The second kappa shape index (κ2) is 5.30. The van der Waals surface area contributed by atoms with Gasteiger partial charge in [-0.25, -0.2) is 0 Å². The highest BCUT2D eigenvalue weighted by Crippen LogP contribution is 2.23. The first-order valence-corrected chi connectivity index (χ1v) is 6.38. The first-order chi connectivity index (χ1) is 7.69. The fourth-order valence-electron chi connectivity index (χ4n) is 2.84. The van der Waals surface area contributed by atoms with E-state index < -0.39 is 0 Å². The molecule has 1 aliphatic carbocycles. The molecule has 2 aliphatic rings. The Hall–Kier alpha value is -0.380. The molecule has 0 aromatic heterocycles. The number of likely N-dealkylation sites (tertiary alicyclic amines) is 1. The average molecular weight is 224 g/mol. The quantitative estimate of drug-likeness (QED) is 0.733. The van der Waals surface area contributed by atoms with E-state index in [0.29, 0.717) is 17.9 Å². The Balaban J connectivity index is 1.80. The van der Waals surface area contributed by atoms with Crippen LogP contribution in [0.2, 0.25) is 0 Å². The van der Waals surface area contributed by atoms with Crippen molar-refractivity contribution in [1.82, 2.24) is 4.90 Å². The highest BCUT2D eigenvalue weighted by molar-refractivity contribution is 5.05. The van der Waals surface area contributed by atoms with E-state index in [1.807, 2.05) is 7.11 Å². The van der Waals surface area contributed by atoms with Crippen molar-refractivity contribution < 1.29 is 4.74 Å². The number of rotatable bonds is 3. The molecule has 1 fully saturated rings. The van der Waals surface area contributed by atoms with E-state index in [1.54, 1.807) is 0 Å². The van der Waals surface area contributed by atoms with Gasteiger partial charge in [-0.05, 0) is 31.2 Å². The van der Waals surface area contributed by atoms with Gasteiger partial charge in [0.05, 0.1) is 6.10 Å². The van der Waals surface area contributed by atoms with Crippen LogP contribution in [0.3, 0.4) is 0 Å². The third-order valence-electron chi connectivity index (χ3n) is 3.97. The van der Waals surface area contributed by atoms with Crippen LogP contribution < -0.4 is 5.73 Å². The summed E-state index contributed by atoms with van der Waals surface area (Å²) in [5, 5.41) is 0. The van der Waals surface area contributed by atoms with Crippen molar-refractivity contribution >= 4 is 0 Å². The standard InChI is InChI=1S/C13H24N2O/c1-10-5-6-15(9-13(10)16-2)8-11-3-4-12(14)7-11/h3-4,10-13H,5-9,14H2,1-2H3. The van der Waals surface area contributed by atoms with Gasteiger partial charge in [0.15, 0.2) is 0 Å². The minimum atomic E-state index is 0.284. The predicted molar refractivity (Wildman–Crippen MR) is 66.2 cm³/mol. The summed E-state index contributed by atoms with van der Waals surface area (Å²) >= 11 is 0. The van der Waals surface area contributed by atoms with Gasteiger partial charge in [0.2, 0.25) is 0 Å². The molecule has 4 atom stereocenters. The van der Waals surface area contributed by atoms with Crippen molar-refractivity contribution in [3.05, 3.63) is 12.2 Å². The van der Waals surface area contributed by atoms with Crippen LogP contribution in [0.4, 0.5) is 0 Å². The number of hydrogen-bond donors (Lipinski definition) is 1. The lowest BCUT2D eigenvalue weighted by Gasteiger charge is -2.37. The molecule has 0 amide bonds. The Morgan fingerprint density at radius 1 is 1.44 bits per heavy atom. The second-order valence-corrected chi connectivity index (χ2v) is 5.34. The van der Waals surface area contributed by atoms with Crippen LogP contribution in [0.25, 0.3) is 0 Å². The van der Waals surface area contributed by atoms with Gasteiger partial charge in [-0.2, -0.15) is 0 Å². The van der Waals surface area contributed by atoms with E-state index in [4.69, 9.17) is 10.5 Å². The van der Waals surface area contributed by atoms with Gasteiger partial charge in [0, 0.05) is 26.2 Å². The molecule has 0 aromatic carbocycles. The van der Waals surface area contributed by atoms with Crippen molar-refractivity contribution in [2.75, 3.05) is 26.7 Å². The van der Waals surface area contributed by atoms with Crippen LogP contribution in [-0.4, -0.2) is 43.8 Å². The maximum atomic E-state index is 5.88. The molecule has 0 spiro atoms. The van der Waals surface area contributed by atoms with Crippen LogP contribution in [0.5, 0.6) is 0 Å². The van der Waals surface area contributed by atoms with Crippen LogP contribution in [-0.2, 0) is 4.74 Å². The molecule has 2 N–H and O–H groups in total. The Morgan fingerprint density at radius 3 is 2.88 bits per heavy atom. The lowest BCUT2D eigenvalue weighted by molar-refractivity contribution is -0.00765. The van der Waals surface area contributed by atoms with Gasteiger partial charge in [0.25, 0.3) is 0 Å². The van der Waals surface area contributed by atoms with Crippen molar-refractivity contribution in [1.29, 1.82) is 0 Å². The van der Waals surface area contributed by atoms with Crippen LogP contribution in [0.1, 0.15) is 19.8 Å². The summed E-state index contributed by atoms with van der Waals surface area (Å²) in [4.78, 5) is 2.53. The monoisotopic (exact) mass is 224 g/mol. The van der Waals surface area contributed by atoms with Gasteiger partial charge in [-0.15, -0.1) is 0 Å². The van der Waals surface area contributed by atoms with E-state index >= 15 is 0 Å². The largest absolute Gasteiger partial charge is 0.380 e. The third kappa shape index (κ3) is 2.84. The maximum absolute atomic E-state index is 5.88. The molecular weight excluding hydrogens is 200 g/mol. The molecule has 0 radical (unpaired) electrons. The van der Waals surface area contributed by atoms with Crippen LogP contribution in [0.15, 0.2) is 12.2 Å². The Morgan fingerprint density at radius 2 is 2.25 bits per heavy atom. The summed E-state index contributed by atoms with van der Waals surface area (Å²) in [5.41, 5.74) is 5.88. The highest BCUT2D eigenvalue weighted by Gasteiger charge is 2.27. The van der Waals surface area contributed by atoms with Crippen molar-refractivity contribution in [2.45, 2.75) is 31.9 Å². The van der Waals surface area contributed by atoms with Crippen LogP contribution in [0, 0.1) is 11.8 Å². The predicted octanol–water partition coefficient (Wildman–Crippen LogP) is 1.25. The number of nitrogens with two attached hydrogens (primary N) is 1. The summed E-state index contributed by atoms with van der Waals surface area (Å²) in [6, 6.07) is 0.284. The van der Waals surface area contributed by atoms with E-state index in [0.717, 1.165) is 19.5 Å². The number of hydrogen-bond acceptors (Lipinski definition) is 3. The fraction of sp³-hybridized carbons (Fsp3) is 0.846. The third-order valence-corrected chi connectivity index (χ3v) is 3.97. The smallest absolute Gasteiger partial charge is 0.0724 e. The molecule has 1 heterocycles. The topological polar surface area (TPSA) is 38.5 Å².